The van der Waals surface area contributed by atoms with Gasteiger partial charge < -0.3 is 14.9 Å². The molecule has 0 saturated heterocycles. The summed E-state index contributed by atoms with van der Waals surface area (Å²) in [6.45, 7) is 0.396. The minimum atomic E-state index is -0.543. The van der Waals surface area contributed by atoms with Gasteiger partial charge in [0.25, 0.3) is 0 Å². The van der Waals surface area contributed by atoms with Gasteiger partial charge in [0.1, 0.15) is 6.61 Å². The van der Waals surface area contributed by atoms with E-state index in [0.29, 0.717) is 12.4 Å². The van der Waals surface area contributed by atoms with Crippen molar-refractivity contribution < 1.29 is 9.66 Å². The van der Waals surface area contributed by atoms with E-state index in [9.17, 15) is 10.1 Å². The third kappa shape index (κ3) is 3.27. The highest BCUT2D eigenvalue weighted by Gasteiger charge is 2.06. The van der Waals surface area contributed by atoms with Gasteiger partial charge in [-0.2, -0.15) is 0 Å². The van der Waals surface area contributed by atoms with Gasteiger partial charge in [-0.1, -0.05) is 28.1 Å². The summed E-state index contributed by atoms with van der Waals surface area (Å²) < 4.78 is 6.47. The first-order valence-electron chi connectivity index (χ1n) is 5.13. The first-order valence-corrected chi connectivity index (χ1v) is 5.92. The Morgan fingerprint density at radius 3 is 2.50 bits per heavy atom. The van der Waals surface area contributed by atoms with Gasteiger partial charge in [-0.3, -0.25) is 0 Å². The van der Waals surface area contributed by atoms with Crippen LogP contribution < -0.4 is 4.74 Å². The van der Waals surface area contributed by atoms with E-state index in [1.165, 1.54) is 18.3 Å². The maximum atomic E-state index is 10.4. The average Bonchev–Trinajstić information content (AvgIpc) is 2.38. The molecule has 18 heavy (non-hydrogen) atoms. The highest BCUT2D eigenvalue weighted by atomic mass is 79.9. The van der Waals surface area contributed by atoms with Crippen molar-refractivity contribution in [1.82, 2.24) is 4.98 Å². The van der Waals surface area contributed by atoms with Crippen LogP contribution in [0.5, 0.6) is 5.75 Å². The lowest BCUT2D eigenvalue weighted by molar-refractivity contribution is -0.389. The lowest BCUT2D eigenvalue weighted by atomic mass is 10.2. The van der Waals surface area contributed by atoms with Gasteiger partial charge in [0.05, 0.1) is 0 Å². The zero-order valence-electron chi connectivity index (χ0n) is 9.25. The van der Waals surface area contributed by atoms with Crippen molar-refractivity contribution in [2.24, 2.45) is 0 Å². The molecular weight excluding hydrogens is 300 g/mol. The van der Waals surface area contributed by atoms with Crippen LogP contribution in [0.25, 0.3) is 0 Å². The number of rotatable bonds is 4. The number of nitrogens with zero attached hydrogens (tertiary/aromatic N) is 2. The van der Waals surface area contributed by atoms with Crippen molar-refractivity contribution in [3.8, 4) is 5.75 Å². The molecule has 6 heteroatoms. The van der Waals surface area contributed by atoms with E-state index in [2.05, 4.69) is 20.9 Å². The van der Waals surface area contributed by atoms with Crippen molar-refractivity contribution in [2.75, 3.05) is 0 Å². The molecule has 0 N–H and O–H groups in total. The molecule has 0 atom stereocenters. The fourth-order valence-corrected chi connectivity index (χ4v) is 1.58. The molecule has 1 aromatic heterocycles. The molecule has 0 spiro atoms. The van der Waals surface area contributed by atoms with Crippen LogP contribution in [0.2, 0.25) is 0 Å². The molecule has 0 aliphatic carbocycles. The first kappa shape index (κ1) is 12.5. The number of ether oxygens (including phenoxy) is 1. The maximum Gasteiger partial charge on any atom is 0.363 e. The topological polar surface area (TPSA) is 65.3 Å². The van der Waals surface area contributed by atoms with E-state index in [1.54, 1.807) is 0 Å². The fraction of sp³-hybridized carbons (Fsp3) is 0.0833. The van der Waals surface area contributed by atoms with Crippen LogP contribution in [0.1, 0.15) is 5.56 Å². The van der Waals surface area contributed by atoms with Crippen LogP contribution in [-0.4, -0.2) is 9.91 Å². The predicted octanol–water partition coefficient (Wildman–Crippen LogP) is 3.33. The maximum absolute atomic E-state index is 10.4. The lowest BCUT2D eigenvalue weighted by Crippen LogP contribution is -1.97. The van der Waals surface area contributed by atoms with Crippen molar-refractivity contribution in [1.29, 1.82) is 0 Å². The molecule has 0 fully saturated rings. The van der Waals surface area contributed by atoms with Crippen molar-refractivity contribution in [3.63, 3.8) is 0 Å². The van der Waals surface area contributed by atoms with Gasteiger partial charge in [0.2, 0.25) is 0 Å². The second-order valence-electron chi connectivity index (χ2n) is 3.52. The van der Waals surface area contributed by atoms with E-state index in [-0.39, 0.29) is 5.82 Å². The molecule has 1 aromatic carbocycles. The summed E-state index contributed by atoms with van der Waals surface area (Å²) in [5, 5.41) is 10.4. The smallest absolute Gasteiger partial charge is 0.363 e. The molecule has 0 radical (unpaired) electrons. The molecule has 0 bridgehead atoms. The summed E-state index contributed by atoms with van der Waals surface area (Å²) in [6, 6.07) is 10.6. The van der Waals surface area contributed by atoms with E-state index in [1.807, 2.05) is 24.3 Å². The second kappa shape index (κ2) is 5.59. The molecule has 1 heterocycles. The number of halogens is 1. The lowest BCUT2D eigenvalue weighted by Gasteiger charge is -2.04. The van der Waals surface area contributed by atoms with Gasteiger partial charge in [-0.25, -0.2) is 0 Å². The van der Waals surface area contributed by atoms with Crippen molar-refractivity contribution in [3.05, 3.63) is 62.7 Å². The monoisotopic (exact) mass is 308 g/mol. The highest BCUT2D eigenvalue weighted by molar-refractivity contribution is 9.10. The Labute approximate surface area is 112 Å². The van der Waals surface area contributed by atoms with Crippen molar-refractivity contribution in [2.45, 2.75) is 6.61 Å². The van der Waals surface area contributed by atoms with Gasteiger partial charge in [0, 0.05) is 10.5 Å². The largest absolute Gasteiger partial charge is 0.485 e. The quantitative estimate of drug-likeness (QED) is 0.642. The normalized spacial score (nSPS) is 10.1. The third-order valence-electron chi connectivity index (χ3n) is 2.23. The number of hydrogen-bond donors (Lipinski definition) is 0. The molecule has 2 aromatic rings. The second-order valence-corrected chi connectivity index (χ2v) is 4.44. The summed E-state index contributed by atoms with van der Waals surface area (Å²) in [4.78, 5) is 13.6. The van der Waals surface area contributed by atoms with E-state index >= 15 is 0 Å². The SMILES string of the molecule is O=[N+]([O-])c1ccc(OCc2ccc(Br)cc2)cn1. The molecule has 0 amide bonds. The number of nitro groups is 1. The van der Waals surface area contributed by atoms with E-state index < -0.39 is 4.92 Å². The summed E-state index contributed by atoms with van der Waals surface area (Å²) in [6.07, 6.45) is 1.34. The molecule has 92 valence electrons. The molecule has 5 nitrogen and oxygen atoms in total. The van der Waals surface area contributed by atoms with Crippen LogP contribution in [0.3, 0.4) is 0 Å². The Bertz CT molecular complexity index is 540. The predicted molar refractivity (Wildman–Crippen MR) is 69.4 cm³/mol. The van der Waals surface area contributed by atoms with Crippen LogP contribution in [0, 0.1) is 10.1 Å². The van der Waals surface area contributed by atoms with Crippen LogP contribution in [-0.2, 0) is 6.61 Å². The molecule has 0 saturated carbocycles. The number of hydrogen-bond acceptors (Lipinski definition) is 4. The Kier molecular flexibility index (Phi) is 3.88. The molecule has 0 aliphatic rings. The molecule has 2 rings (SSSR count). The van der Waals surface area contributed by atoms with Gasteiger partial charge >= 0.3 is 5.82 Å². The highest BCUT2D eigenvalue weighted by Crippen LogP contribution is 2.16. The minimum absolute atomic E-state index is 0.189. The Morgan fingerprint density at radius 2 is 1.94 bits per heavy atom. The summed E-state index contributed by atoms with van der Waals surface area (Å²) in [5.41, 5.74) is 1.01. The molecule has 0 aliphatic heterocycles. The van der Waals surface area contributed by atoms with Crippen LogP contribution in [0.4, 0.5) is 5.82 Å². The van der Waals surface area contributed by atoms with E-state index in [0.717, 1.165) is 10.0 Å². The minimum Gasteiger partial charge on any atom is -0.485 e. The van der Waals surface area contributed by atoms with Crippen molar-refractivity contribution >= 4 is 21.7 Å². The zero-order chi connectivity index (χ0) is 13.0. The zero-order valence-corrected chi connectivity index (χ0v) is 10.8. The standard InChI is InChI=1S/C12H9BrN2O3/c13-10-3-1-9(2-4-10)8-18-11-5-6-12(14-7-11)15(16)17/h1-7H,8H2. The molecular formula is C12H9BrN2O3. The average molecular weight is 309 g/mol. The summed E-state index contributed by atoms with van der Waals surface area (Å²) in [5.74, 6) is 0.314. The van der Waals surface area contributed by atoms with Gasteiger partial charge in [-0.05, 0) is 33.7 Å². The fourth-order valence-electron chi connectivity index (χ4n) is 1.31. The Balaban J connectivity index is 1.97. The van der Waals surface area contributed by atoms with Gasteiger partial charge in [0.15, 0.2) is 11.9 Å². The first-order chi connectivity index (χ1) is 8.65. The molecule has 0 unspecified atom stereocenters. The number of aromatic nitrogens is 1. The number of pyridine rings is 1. The summed E-state index contributed by atoms with van der Waals surface area (Å²) in [7, 11) is 0. The van der Waals surface area contributed by atoms with Crippen LogP contribution >= 0.6 is 15.9 Å². The van der Waals surface area contributed by atoms with Crippen LogP contribution in [0.15, 0.2) is 47.1 Å². The number of benzene rings is 1. The third-order valence-corrected chi connectivity index (χ3v) is 2.76. The Hall–Kier alpha value is -1.95. The van der Waals surface area contributed by atoms with Gasteiger partial charge in [-0.15, -0.1) is 0 Å². The van der Waals surface area contributed by atoms with E-state index in [4.69, 9.17) is 4.74 Å². The Morgan fingerprint density at radius 1 is 1.22 bits per heavy atom. The summed E-state index contributed by atoms with van der Waals surface area (Å²) >= 11 is 3.35.